The fourth-order valence-corrected chi connectivity index (χ4v) is 2.32. The fourth-order valence-electron chi connectivity index (χ4n) is 1.31. The summed E-state index contributed by atoms with van der Waals surface area (Å²) in [5.74, 6) is 0.102. The molecule has 1 unspecified atom stereocenters. The zero-order valence-electron chi connectivity index (χ0n) is 9.48. The molecule has 0 radical (unpaired) electrons. The van der Waals surface area contributed by atoms with Crippen molar-refractivity contribution >= 4 is 33.2 Å². The number of carbonyl (C=O) groups excluding carboxylic acids is 1. The molecule has 0 aliphatic rings. The molecule has 16 heavy (non-hydrogen) atoms. The summed E-state index contributed by atoms with van der Waals surface area (Å²) < 4.78 is 5.02. The first-order chi connectivity index (χ1) is 7.65. The SMILES string of the molecule is COCCN(Cc1cccs1)C(=O)C(C)Br. The Morgan fingerprint density at radius 1 is 1.69 bits per heavy atom. The van der Waals surface area contributed by atoms with E-state index in [0.29, 0.717) is 19.7 Å². The van der Waals surface area contributed by atoms with Crippen molar-refractivity contribution in [1.29, 1.82) is 0 Å². The molecule has 0 bridgehead atoms. The molecule has 90 valence electrons. The summed E-state index contributed by atoms with van der Waals surface area (Å²) >= 11 is 4.97. The predicted molar refractivity (Wildman–Crippen MR) is 70.0 cm³/mol. The number of thiophene rings is 1. The molecule has 1 amide bonds. The number of hydrogen-bond acceptors (Lipinski definition) is 3. The Hall–Kier alpha value is -0.390. The van der Waals surface area contributed by atoms with Gasteiger partial charge in [-0.3, -0.25) is 4.79 Å². The molecular weight excluding hydrogens is 290 g/mol. The standard InChI is InChI=1S/C11H16BrNO2S/c1-9(12)11(14)13(5-6-15-2)8-10-4-3-7-16-10/h3-4,7,9H,5-6,8H2,1-2H3. The third-order valence-corrected chi connectivity index (χ3v) is 3.40. The lowest BCUT2D eigenvalue weighted by atomic mass is 10.3. The largest absolute Gasteiger partial charge is 0.383 e. The van der Waals surface area contributed by atoms with Gasteiger partial charge in [-0.05, 0) is 18.4 Å². The molecule has 0 N–H and O–H groups in total. The summed E-state index contributed by atoms with van der Waals surface area (Å²) in [6.45, 7) is 3.70. The minimum Gasteiger partial charge on any atom is -0.383 e. The second kappa shape index (κ2) is 7.04. The highest BCUT2D eigenvalue weighted by molar-refractivity contribution is 9.10. The number of amides is 1. The van der Waals surface area contributed by atoms with Gasteiger partial charge in [-0.1, -0.05) is 22.0 Å². The number of halogens is 1. The van der Waals surface area contributed by atoms with Crippen LogP contribution < -0.4 is 0 Å². The zero-order valence-corrected chi connectivity index (χ0v) is 11.9. The van der Waals surface area contributed by atoms with Gasteiger partial charge in [0.05, 0.1) is 18.0 Å². The van der Waals surface area contributed by atoms with Crippen molar-refractivity contribution in [2.75, 3.05) is 20.3 Å². The van der Waals surface area contributed by atoms with Crippen molar-refractivity contribution in [3.63, 3.8) is 0 Å². The second-order valence-electron chi connectivity index (χ2n) is 3.45. The fraction of sp³-hybridized carbons (Fsp3) is 0.545. The van der Waals surface area contributed by atoms with Crippen molar-refractivity contribution < 1.29 is 9.53 Å². The first-order valence-corrected chi connectivity index (χ1v) is 6.89. The Labute approximate surface area is 109 Å². The van der Waals surface area contributed by atoms with Gasteiger partial charge in [0.1, 0.15) is 0 Å². The topological polar surface area (TPSA) is 29.5 Å². The van der Waals surface area contributed by atoms with Crippen LogP contribution in [-0.4, -0.2) is 35.9 Å². The van der Waals surface area contributed by atoms with E-state index in [1.54, 1.807) is 18.4 Å². The zero-order chi connectivity index (χ0) is 12.0. The summed E-state index contributed by atoms with van der Waals surface area (Å²) in [5.41, 5.74) is 0. The first kappa shape index (κ1) is 13.7. The van der Waals surface area contributed by atoms with E-state index in [1.165, 1.54) is 4.88 Å². The van der Waals surface area contributed by atoms with Crippen LogP contribution in [0.15, 0.2) is 17.5 Å². The van der Waals surface area contributed by atoms with Gasteiger partial charge in [-0.15, -0.1) is 11.3 Å². The lowest BCUT2D eigenvalue weighted by molar-refractivity contribution is -0.131. The number of ether oxygens (including phenoxy) is 1. The molecule has 0 saturated heterocycles. The summed E-state index contributed by atoms with van der Waals surface area (Å²) in [5, 5.41) is 2.02. The molecule has 1 atom stereocenters. The van der Waals surface area contributed by atoms with Crippen LogP contribution in [0.25, 0.3) is 0 Å². The number of nitrogens with zero attached hydrogens (tertiary/aromatic N) is 1. The minimum atomic E-state index is -0.149. The van der Waals surface area contributed by atoms with Gasteiger partial charge in [0.15, 0.2) is 0 Å². The van der Waals surface area contributed by atoms with Crippen LogP contribution in [0.1, 0.15) is 11.8 Å². The van der Waals surface area contributed by atoms with Crippen molar-refractivity contribution in [2.45, 2.75) is 18.3 Å². The maximum atomic E-state index is 11.9. The molecular formula is C11H16BrNO2S. The van der Waals surface area contributed by atoms with E-state index in [2.05, 4.69) is 15.9 Å². The smallest absolute Gasteiger partial charge is 0.236 e. The summed E-state index contributed by atoms with van der Waals surface area (Å²) in [4.78, 5) is 14.8. The van der Waals surface area contributed by atoms with Crippen LogP contribution in [0.5, 0.6) is 0 Å². The average Bonchev–Trinajstić information content (AvgIpc) is 2.75. The van der Waals surface area contributed by atoms with Crippen LogP contribution in [0.2, 0.25) is 0 Å². The molecule has 1 aromatic heterocycles. The summed E-state index contributed by atoms with van der Waals surface area (Å²) in [7, 11) is 1.64. The molecule has 0 aliphatic carbocycles. The molecule has 0 aromatic carbocycles. The average molecular weight is 306 g/mol. The van der Waals surface area contributed by atoms with Gasteiger partial charge >= 0.3 is 0 Å². The quantitative estimate of drug-likeness (QED) is 0.756. The number of methoxy groups -OCH3 is 1. The van der Waals surface area contributed by atoms with E-state index in [4.69, 9.17) is 4.74 Å². The maximum absolute atomic E-state index is 11.9. The number of hydrogen-bond donors (Lipinski definition) is 0. The molecule has 0 fully saturated rings. The van der Waals surface area contributed by atoms with E-state index in [9.17, 15) is 4.79 Å². The van der Waals surface area contributed by atoms with Gasteiger partial charge < -0.3 is 9.64 Å². The number of alkyl halides is 1. The van der Waals surface area contributed by atoms with Gasteiger partial charge in [-0.25, -0.2) is 0 Å². The van der Waals surface area contributed by atoms with Gasteiger partial charge in [-0.2, -0.15) is 0 Å². The predicted octanol–water partition coefficient (Wildman–Crippen LogP) is 2.51. The first-order valence-electron chi connectivity index (χ1n) is 5.09. The normalized spacial score (nSPS) is 12.4. The molecule has 3 nitrogen and oxygen atoms in total. The Bertz CT molecular complexity index is 314. The highest BCUT2D eigenvalue weighted by Crippen LogP contribution is 2.14. The number of carbonyl (C=O) groups is 1. The molecule has 0 aliphatic heterocycles. The summed E-state index contributed by atoms with van der Waals surface area (Å²) in [6.07, 6.45) is 0. The van der Waals surface area contributed by atoms with Crippen LogP contribution in [0.3, 0.4) is 0 Å². The van der Waals surface area contributed by atoms with E-state index < -0.39 is 0 Å². The van der Waals surface area contributed by atoms with E-state index in [0.717, 1.165) is 0 Å². The third kappa shape index (κ3) is 4.23. The molecule has 1 rings (SSSR count). The van der Waals surface area contributed by atoms with E-state index in [1.807, 2.05) is 29.3 Å². The van der Waals surface area contributed by atoms with Crippen LogP contribution in [-0.2, 0) is 16.1 Å². The summed E-state index contributed by atoms with van der Waals surface area (Å²) in [6, 6.07) is 4.03. The van der Waals surface area contributed by atoms with Crippen LogP contribution in [0.4, 0.5) is 0 Å². The van der Waals surface area contributed by atoms with Crippen LogP contribution in [0, 0.1) is 0 Å². The third-order valence-electron chi connectivity index (χ3n) is 2.14. The van der Waals surface area contributed by atoms with Gasteiger partial charge in [0.25, 0.3) is 0 Å². The molecule has 0 saturated carbocycles. The maximum Gasteiger partial charge on any atom is 0.236 e. The molecule has 0 spiro atoms. The van der Waals surface area contributed by atoms with Crippen molar-refractivity contribution in [3.8, 4) is 0 Å². The highest BCUT2D eigenvalue weighted by Gasteiger charge is 2.18. The van der Waals surface area contributed by atoms with Gasteiger partial charge in [0.2, 0.25) is 5.91 Å². The molecule has 1 heterocycles. The van der Waals surface area contributed by atoms with Crippen molar-refractivity contribution in [1.82, 2.24) is 4.90 Å². The van der Waals surface area contributed by atoms with Gasteiger partial charge in [0, 0.05) is 18.5 Å². The molecule has 1 aromatic rings. The molecule has 5 heteroatoms. The lowest BCUT2D eigenvalue weighted by Gasteiger charge is -2.23. The Kier molecular flexibility index (Phi) is 6.01. The Morgan fingerprint density at radius 2 is 2.44 bits per heavy atom. The van der Waals surface area contributed by atoms with E-state index in [-0.39, 0.29) is 10.7 Å². The lowest BCUT2D eigenvalue weighted by Crippen LogP contribution is -2.37. The highest BCUT2D eigenvalue weighted by atomic mass is 79.9. The second-order valence-corrected chi connectivity index (χ2v) is 5.85. The Morgan fingerprint density at radius 3 is 2.94 bits per heavy atom. The van der Waals surface area contributed by atoms with Crippen molar-refractivity contribution in [2.24, 2.45) is 0 Å². The number of rotatable bonds is 6. The monoisotopic (exact) mass is 305 g/mol. The Balaban J connectivity index is 2.60. The van der Waals surface area contributed by atoms with E-state index >= 15 is 0 Å². The van der Waals surface area contributed by atoms with Crippen molar-refractivity contribution in [3.05, 3.63) is 22.4 Å². The van der Waals surface area contributed by atoms with Crippen LogP contribution >= 0.6 is 27.3 Å². The minimum absolute atomic E-state index is 0.102.